The molecule has 6 rings (SSSR count). The first-order valence-corrected chi connectivity index (χ1v) is 21.2. The van der Waals surface area contributed by atoms with Crippen LogP contribution in [0, 0.1) is 0 Å². The van der Waals surface area contributed by atoms with E-state index >= 15 is 0 Å². The average Bonchev–Trinajstić information content (AvgIpc) is 4.05. The van der Waals surface area contributed by atoms with Gasteiger partial charge in [0.1, 0.15) is 0 Å². The van der Waals surface area contributed by atoms with Crippen LogP contribution in [0.25, 0.3) is 0 Å². The van der Waals surface area contributed by atoms with Crippen molar-refractivity contribution in [2.24, 2.45) is 0 Å². The first kappa shape index (κ1) is 48.2. The van der Waals surface area contributed by atoms with Crippen molar-refractivity contribution in [2.45, 2.75) is 0 Å². The van der Waals surface area contributed by atoms with E-state index in [9.17, 15) is 0 Å². The van der Waals surface area contributed by atoms with Crippen LogP contribution in [0.3, 0.4) is 0 Å². The molecule has 0 spiro atoms. The number of hydrogen-bond donors (Lipinski definition) is 0. The Labute approximate surface area is 371 Å². The third-order valence-corrected chi connectivity index (χ3v) is 14.8. The van der Waals surface area contributed by atoms with Crippen molar-refractivity contribution >= 4 is 47.7 Å². The van der Waals surface area contributed by atoms with Crippen LogP contribution < -0.4 is 88.7 Å². The standard InChI is InChI=1S/C41H47O12P2.C5H5.Fe/c1-42-24-16-20-30(38(50-9)34(24)46-5)54(31-21-17-25(43-2)35(47-6)39(31)51-10)28-14-13-15-29(28)55(32-22-18-26(44-3)36(48-7)40(32)52-11)33-23-19-27(45-4)37(49-8)41(33)53-12;1-2-4-5-3-1;/h13-23H,1-12H3;1-5H;/q-1;-5;. The largest absolute Gasteiger partial charge is 0.748 e. The molecule has 12 nitrogen and oxygen atoms in total. The number of hydrogen-bond acceptors (Lipinski definition) is 12. The fourth-order valence-corrected chi connectivity index (χ4v) is 12.6. The topological polar surface area (TPSA) is 111 Å². The van der Waals surface area contributed by atoms with Crippen LogP contribution in [0.2, 0.25) is 0 Å². The summed E-state index contributed by atoms with van der Waals surface area (Å²) in [6, 6.07) is 31.7. The van der Waals surface area contributed by atoms with Gasteiger partial charge in [-0.25, -0.2) is 12.1 Å². The SMILES string of the molecule is COc1ccc(P(c2ccc(OC)c(OC)c2OC)c2ccc[c-]2P(c2ccc(OC)c(OC)c2OC)c2ccc(OC)c(OC)c2OC)c(OC)c1OC.[Fe].[cH-]1[cH-][cH-][cH-][cH-]1. The second-order valence-electron chi connectivity index (χ2n) is 12.3. The van der Waals surface area contributed by atoms with Gasteiger partial charge < -0.3 is 87.2 Å². The van der Waals surface area contributed by atoms with E-state index in [-0.39, 0.29) is 17.1 Å². The summed E-state index contributed by atoms with van der Waals surface area (Å²) < 4.78 is 71.1. The Morgan fingerprint density at radius 2 is 0.623 bits per heavy atom. The molecule has 0 bridgehead atoms. The molecule has 15 heteroatoms. The molecule has 0 unspecified atom stereocenters. The zero-order chi connectivity index (χ0) is 43.3. The monoisotopic (exact) mass is 914 g/mol. The van der Waals surface area contributed by atoms with Gasteiger partial charge in [-0.05, 0) is 56.5 Å². The van der Waals surface area contributed by atoms with Gasteiger partial charge in [0, 0.05) is 38.3 Å². The van der Waals surface area contributed by atoms with Crippen LogP contribution in [0.15, 0.2) is 97.1 Å². The van der Waals surface area contributed by atoms with Gasteiger partial charge in [0.2, 0.25) is 23.0 Å². The Bertz CT molecular complexity index is 2020. The molecule has 332 valence electrons. The molecular formula is C46H52FeO12P2-6. The second-order valence-corrected chi connectivity index (χ2v) is 16.6. The molecule has 61 heavy (non-hydrogen) atoms. The van der Waals surface area contributed by atoms with E-state index in [1.807, 2.05) is 84.9 Å². The van der Waals surface area contributed by atoms with Gasteiger partial charge in [0.05, 0.1) is 85.3 Å². The molecule has 0 heterocycles. The van der Waals surface area contributed by atoms with Crippen molar-refractivity contribution in [3.8, 4) is 69.0 Å². The summed E-state index contributed by atoms with van der Waals surface area (Å²) in [4.78, 5) is 0. The van der Waals surface area contributed by atoms with Gasteiger partial charge in [-0.2, -0.15) is 6.07 Å². The van der Waals surface area contributed by atoms with Crippen LogP contribution in [-0.4, -0.2) is 85.3 Å². The van der Waals surface area contributed by atoms with E-state index in [1.54, 1.807) is 85.3 Å². The van der Waals surface area contributed by atoms with Crippen molar-refractivity contribution in [2.75, 3.05) is 85.3 Å². The fraction of sp³-hybridized carbons (Fsp3) is 0.261. The van der Waals surface area contributed by atoms with Crippen molar-refractivity contribution in [3.05, 3.63) is 97.1 Å². The van der Waals surface area contributed by atoms with Gasteiger partial charge in [-0.15, -0.1) is 10.6 Å². The van der Waals surface area contributed by atoms with E-state index in [0.29, 0.717) is 69.0 Å². The molecule has 6 aromatic carbocycles. The zero-order valence-electron chi connectivity index (χ0n) is 36.4. The molecule has 6 aromatic rings. The van der Waals surface area contributed by atoms with Crippen LogP contribution >= 0.6 is 15.8 Å². The molecule has 0 amide bonds. The molecule has 0 aliphatic carbocycles. The maximum absolute atomic E-state index is 6.16. The minimum Gasteiger partial charge on any atom is -0.748 e. The normalized spacial score (nSPS) is 10.5. The van der Waals surface area contributed by atoms with Gasteiger partial charge in [-0.1, -0.05) is 7.92 Å². The average molecular weight is 915 g/mol. The third kappa shape index (κ3) is 9.56. The van der Waals surface area contributed by atoms with Crippen LogP contribution in [-0.2, 0) is 17.1 Å². The van der Waals surface area contributed by atoms with Gasteiger partial charge in [0.25, 0.3) is 0 Å². The van der Waals surface area contributed by atoms with E-state index in [2.05, 4.69) is 12.1 Å². The Hall–Kier alpha value is -5.44. The molecule has 0 saturated carbocycles. The Balaban J connectivity index is 0.00000127. The molecule has 0 saturated heterocycles. The van der Waals surface area contributed by atoms with Crippen molar-refractivity contribution < 1.29 is 73.9 Å². The summed E-state index contributed by atoms with van der Waals surface area (Å²) in [7, 11) is 16.1. The molecule has 0 aromatic heterocycles. The Kier molecular flexibility index (Phi) is 18.2. The predicted octanol–water partition coefficient (Wildman–Crippen LogP) is 6.43. The van der Waals surface area contributed by atoms with Crippen LogP contribution in [0.5, 0.6) is 69.0 Å². The molecule has 0 aliphatic rings. The number of benzene rings is 4. The van der Waals surface area contributed by atoms with E-state index < -0.39 is 15.8 Å². The minimum absolute atomic E-state index is 0. The summed E-state index contributed by atoms with van der Waals surface area (Å²) >= 11 is 0. The zero-order valence-corrected chi connectivity index (χ0v) is 39.3. The molecule has 0 radical (unpaired) electrons. The molecule has 0 aliphatic heterocycles. The first-order valence-electron chi connectivity index (χ1n) is 18.5. The van der Waals surface area contributed by atoms with Crippen LogP contribution in [0.1, 0.15) is 0 Å². The molecule has 0 fully saturated rings. The van der Waals surface area contributed by atoms with Gasteiger partial charge in [-0.3, -0.25) is 0 Å². The fourth-order valence-electron chi connectivity index (χ4n) is 6.93. The summed E-state index contributed by atoms with van der Waals surface area (Å²) in [5.74, 6) is 5.92. The van der Waals surface area contributed by atoms with Crippen LogP contribution in [0.4, 0.5) is 0 Å². The Morgan fingerprint density at radius 1 is 0.344 bits per heavy atom. The maximum Gasteiger partial charge on any atom is 0.203 e. The molecular weight excluding hydrogens is 862 g/mol. The third-order valence-electron chi connectivity index (χ3n) is 9.51. The quantitative estimate of drug-likeness (QED) is 0.0539. The van der Waals surface area contributed by atoms with E-state index in [4.69, 9.17) is 56.8 Å². The number of methoxy groups -OCH3 is 12. The second kappa shape index (κ2) is 23.0. The van der Waals surface area contributed by atoms with Gasteiger partial charge >= 0.3 is 0 Å². The molecule has 0 atom stereocenters. The van der Waals surface area contributed by atoms with Crippen molar-refractivity contribution in [1.82, 2.24) is 0 Å². The maximum atomic E-state index is 6.16. The first-order chi connectivity index (χ1) is 29.3. The predicted molar refractivity (Wildman–Crippen MR) is 240 cm³/mol. The summed E-state index contributed by atoms with van der Waals surface area (Å²) in [6.07, 6.45) is 0. The molecule has 0 N–H and O–H groups in total. The smallest absolute Gasteiger partial charge is 0.203 e. The van der Waals surface area contributed by atoms with E-state index in [0.717, 1.165) is 31.8 Å². The summed E-state index contributed by atoms with van der Waals surface area (Å²) in [5, 5.41) is 5.29. The Morgan fingerprint density at radius 3 is 0.902 bits per heavy atom. The van der Waals surface area contributed by atoms with Crippen molar-refractivity contribution in [3.63, 3.8) is 0 Å². The minimum atomic E-state index is -1.54. The van der Waals surface area contributed by atoms with Gasteiger partial charge in [0.15, 0.2) is 46.0 Å². The summed E-state index contributed by atoms with van der Waals surface area (Å²) in [5.41, 5.74) is 0. The summed E-state index contributed by atoms with van der Waals surface area (Å²) in [6.45, 7) is 0. The number of rotatable bonds is 18. The number of ether oxygens (including phenoxy) is 12. The van der Waals surface area contributed by atoms with Crippen molar-refractivity contribution in [1.29, 1.82) is 0 Å². The van der Waals surface area contributed by atoms with E-state index in [1.165, 1.54) is 0 Å².